The molecule has 0 heterocycles. The van der Waals surface area contributed by atoms with E-state index in [-0.39, 0.29) is 29.5 Å². The molecule has 0 saturated heterocycles. The highest BCUT2D eigenvalue weighted by Gasteiger charge is 2.37. The summed E-state index contributed by atoms with van der Waals surface area (Å²) >= 11 is 5.86. The zero-order valence-corrected chi connectivity index (χ0v) is 10.6. The molecule has 1 fully saturated rings. The number of amides is 1. The van der Waals surface area contributed by atoms with Crippen LogP contribution in [-0.4, -0.2) is 23.2 Å². The molecule has 1 aromatic rings. The monoisotopic (exact) mass is 271 g/mol. The summed E-state index contributed by atoms with van der Waals surface area (Å²) in [7, 11) is 0. The first kappa shape index (κ1) is 13.3. The van der Waals surface area contributed by atoms with E-state index in [1.165, 1.54) is 12.1 Å². The van der Waals surface area contributed by atoms with Crippen LogP contribution in [0.4, 0.5) is 4.39 Å². The topological polar surface area (TPSA) is 49.3 Å². The molecule has 0 unspecified atom stereocenters. The Kier molecular flexibility index (Phi) is 3.88. The smallest absolute Gasteiger partial charge is 0.225 e. The third-order valence-corrected chi connectivity index (χ3v) is 3.77. The predicted molar refractivity (Wildman–Crippen MR) is 66.9 cm³/mol. The second-order valence-corrected chi connectivity index (χ2v) is 5.12. The van der Waals surface area contributed by atoms with Crippen molar-refractivity contribution < 1.29 is 14.3 Å². The molecular formula is C13H15ClFNO2. The summed E-state index contributed by atoms with van der Waals surface area (Å²) in [6.45, 7) is -0.0796. The Labute approximate surface area is 110 Å². The minimum atomic E-state index is -0.505. The van der Waals surface area contributed by atoms with Gasteiger partial charge in [0.15, 0.2) is 0 Å². The third-order valence-electron chi connectivity index (χ3n) is 3.42. The van der Waals surface area contributed by atoms with Crippen LogP contribution in [0.1, 0.15) is 24.8 Å². The van der Waals surface area contributed by atoms with E-state index in [0.717, 1.165) is 19.3 Å². The van der Waals surface area contributed by atoms with Gasteiger partial charge in [-0.05, 0) is 31.4 Å². The molecule has 0 aromatic heterocycles. The van der Waals surface area contributed by atoms with E-state index in [1.54, 1.807) is 6.07 Å². The van der Waals surface area contributed by atoms with E-state index in [0.29, 0.717) is 0 Å². The fourth-order valence-corrected chi connectivity index (χ4v) is 2.36. The number of nitrogens with one attached hydrogen (secondary N) is 1. The van der Waals surface area contributed by atoms with Gasteiger partial charge in [-0.1, -0.05) is 17.7 Å². The number of benzene rings is 1. The van der Waals surface area contributed by atoms with Gasteiger partial charge in [-0.15, -0.1) is 0 Å². The van der Waals surface area contributed by atoms with Gasteiger partial charge in [0.1, 0.15) is 5.82 Å². The molecule has 5 heteroatoms. The Balaban J connectivity index is 2.03. The average molecular weight is 272 g/mol. The normalized spacial score (nSPS) is 17.1. The molecule has 1 aliphatic carbocycles. The third kappa shape index (κ3) is 2.65. The Hall–Kier alpha value is -1.13. The average Bonchev–Trinajstić information content (AvgIpc) is 2.29. The van der Waals surface area contributed by atoms with Crippen LogP contribution in [0.25, 0.3) is 0 Å². The molecule has 0 aliphatic heterocycles. The Morgan fingerprint density at radius 2 is 2.22 bits per heavy atom. The number of rotatable bonds is 4. The first-order valence-electron chi connectivity index (χ1n) is 5.91. The van der Waals surface area contributed by atoms with Crippen molar-refractivity contribution in [2.75, 3.05) is 6.61 Å². The molecule has 3 nitrogen and oxygen atoms in total. The molecule has 1 amide bonds. The predicted octanol–water partition coefficient (Wildman–Crippen LogP) is 2.05. The minimum absolute atomic E-state index is 0.0796. The number of halogens is 2. The summed E-state index contributed by atoms with van der Waals surface area (Å²) in [5, 5.41) is 12.3. The van der Waals surface area contributed by atoms with Crippen molar-refractivity contribution in [1.29, 1.82) is 0 Å². The quantitative estimate of drug-likeness (QED) is 0.881. The summed E-state index contributed by atoms with van der Waals surface area (Å²) in [6.07, 6.45) is 2.41. The van der Waals surface area contributed by atoms with Crippen molar-refractivity contribution in [1.82, 2.24) is 5.32 Å². The molecule has 18 heavy (non-hydrogen) atoms. The Morgan fingerprint density at radius 3 is 2.72 bits per heavy atom. The van der Waals surface area contributed by atoms with Crippen LogP contribution in [-0.2, 0) is 11.2 Å². The van der Waals surface area contributed by atoms with Crippen molar-refractivity contribution in [3.8, 4) is 0 Å². The molecule has 1 saturated carbocycles. The van der Waals surface area contributed by atoms with Crippen LogP contribution in [0.15, 0.2) is 18.2 Å². The van der Waals surface area contributed by atoms with Gasteiger partial charge in [0.05, 0.1) is 18.6 Å². The second-order valence-electron chi connectivity index (χ2n) is 4.72. The maximum Gasteiger partial charge on any atom is 0.225 e. The zero-order valence-electron chi connectivity index (χ0n) is 9.88. The van der Waals surface area contributed by atoms with Crippen LogP contribution in [0.3, 0.4) is 0 Å². The van der Waals surface area contributed by atoms with E-state index in [9.17, 15) is 14.3 Å². The van der Waals surface area contributed by atoms with E-state index >= 15 is 0 Å². The molecule has 98 valence electrons. The molecule has 0 atom stereocenters. The second kappa shape index (κ2) is 5.24. The number of carbonyl (C=O) groups excluding carboxylic acids is 1. The minimum Gasteiger partial charge on any atom is -0.394 e. The lowest BCUT2D eigenvalue weighted by Crippen LogP contribution is -2.56. The summed E-state index contributed by atoms with van der Waals surface area (Å²) in [5.41, 5.74) is -0.307. The van der Waals surface area contributed by atoms with Crippen LogP contribution < -0.4 is 5.32 Å². The fraction of sp³-hybridized carbons (Fsp3) is 0.462. The molecular weight excluding hydrogens is 257 g/mol. The highest BCUT2D eigenvalue weighted by atomic mass is 35.5. The summed E-state index contributed by atoms with van der Waals surface area (Å²) < 4.78 is 13.5. The van der Waals surface area contributed by atoms with Gasteiger partial charge in [-0.2, -0.15) is 0 Å². The fourth-order valence-electron chi connectivity index (χ4n) is 2.13. The zero-order chi connectivity index (χ0) is 13.2. The molecule has 2 rings (SSSR count). The van der Waals surface area contributed by atoms with E-state index in [2.05, 4.69) is 5.32 Å². The lowest BCUT2D eigenvalue weighted by molar-refractivity contribution is -0.124. The number of hydrogen-bond donors (Lipinski definition) is 2. The number of carbonyl (C=O) groups is 1. The molecule has 0 spiro atoms. The van der Waals surface area contributed by atoms with Crippen LogP contribution >= 0.6 is 11.6 Å². The van der Waals surface area contributed by atoms with Gasteiger partial charge in [0, 0.05) is 10.6 Å². The van der Waals surface area contributed by atoms with Crippen molar-refractivity contribution in [3.05, 3.63) is 34.6 Å². The number of aliphatic hydroxyl groups is 1. The van der Waals surface area contributed by atoms with Crippen LogP contribution in [0.2, 0.25) is 5.02 Å². The van der Waals surface area contributed by atoms with Crippen molar-refractivity contribution in [3.63, 3.8) is 0 Å². The largest absolute Gasteiger partial charge is 0.394 e. The SMILES string of the molecule is O=C(Cc1c(F)cccc1Cl)NC1(CO)CCC1. The van der Waals surface area contributed by atoms with Gasteiger partial charge in [0.25, 0.3) is 0 Å². The highest BCUT2D eigenvalue weighted by Crippen LogP contribution is 2.31. The van der Waals surface area contributed by atoms with Gasteiger partial charge >= 0.3 is 0 Å². The van der Waals surface area contributed by atoms with Crippen molar-refractivity contribution in [2.45, 2.75) is 31.2 Å². The van der Waals surface area contributed by atoms with Crippen molar-refractivity contribution in [2.24, 2.45) is 0 Å². The first-order chi connectivity index (χ1) is 8.56. The van der Waals surface area contributed by atoms with Crippen LogP contribution in [0, 0.1) is 5.82 Å². The first-order valence-corrected chi connectivity index (χ1v) is 6.29. The van der Waals surface area contributed by atoms with Crippen molar-refractivity contribution >= 4 is 17.5 Å². The molecule has 0 radical (unpaired) electrons. The standard InChI is InChI=1S/C13H15ClFNO2/c14-10-3-1-4-11(15)9(10)7-12(18)16-13(8-17)5-2-6-13/h1,3-4,17H,2,5-8H2,(H,16,18). The highest BCUT2D eigenvalue weighted by molar-refractivity contribution is 6.31. The summed E-state index contributed by atoms with van der Waals surface area (Å²) in [4.78, 5) is 11.8. The molecule has 1 aromatic carbocycles. The maximum absolute atomic E-state index is 13.5. The van der Waals surface area contributed by atoms with E-state index in [4.69, 9.17) is 11.6 Å². The van der Waals surface area contributed by atoms with E-state index in [1.807, 2.05) is 0 Å². The Morgan fingerprint density at radius 1 is 1.50 bits per heavy atom. The number of aliphatic hydroxyl groups excluding tert-OH is 1. The van der Waals surface area contributed by atoms with Gasteiger partial charge in [-0.25, -0.2) is 4.39 Å². The molecule has 2 N–H and O–H groups in total. The summed E-state index contributed by atoms with van der Waals surface area (Å²) in [5.74, 6) is -0.792. The van der Waals surface area contributed by atoms with E-state index < -0.39 is 11.4 Å². The lowest BCUT2D eigenvalue weighted by atomic mass is 9.77. The van der Waals surface area contributed by atoms with Gasteiger partial charge in [0.2, 0.25) is 5.91 Å². The molecule has 1 aliphatic rings. The van der Waals surface area contributed by atoms with Crippen LogP contribution in [0.5, 0.6) is 0 Å². The van der Waals surface area contributed by atoms with Gasteiger partial charge < -0.3 is 10.4 Å². The molecule has 0 bridgehead atoms. The Bertz CT molecular complexity index is 435. The lowest BCUT2D eigenvalue weighted by Gasteiger charge is -2.41. The maximum atomic E-state index is 13.5. The number of hydrogen-bond acceptors (Lipinski definition) is 2. The summed E-state index contributed by atoms with van der Waals surface area (Å²) in [6, 6.07) is 4.33. The van der Waals surface area contributed by atoms with Gasteiger partial charge in [-0.3, -0.25) is 4.79 Å².